The molecule has 1 saturated heterocycles. The van der Waals surface area contributed by atoms with Crippen molar-refractivity contribution in [1.82, 2.24) is 10.2 Å². The van der Waals surface area contributed by atoms with Gasteiger partial charge in [-0.3, -0.25) is 4.79 Å². The first-order valence-corrected chi connectivity index (χ1v) is 7.41. The minimum absolute atomic E-state index is 0.0491. The van der Waals surface area contributed by atoms with Crippen LogP contribution in [0.1, 0.15) is 35.9 Å². The van der Waals surface area contributed by atoms with Gasteiger partial charge in [0.05, 0.1) is 5.69 Å². The topological polar surface area (TPSA) is 58.4 Å². The number of nitrogens with zero attached hydrogens (tertiary/aromatic N) is 1. The molecule has 3 N–H and O–H groups in total. The fourth-order valence-electron chi connectivity index (χ4n) is 2.37. The van der Waals surface area contributed by atoms with Gasteiger partial charge in [-0.15, -0.1) is 11.3 Å². The van der Waals surface area contributed by atoms with Crippen molar-refractivity contribution in [3.8, 4) is 0 Å². The summed E-state index contributed by atoms with van der Waals surface area (Å²) in [7, 11) is 0. The van der Waals surface area contributed by atoms with Gasteiger partial charge in [-0.1, -0.05) is 6.42 Å². The van der Waals surface area contributed by atoms with Crippen molar-refractivity contribution in [1.29, 1.82) is 0 Å². The van der Waals surface area contributed by atoms with Gasteiger partial charge in [0.2, 0.25) is 0 Å². The maximum atomic E-state index is 12.0. The fourth-order valence-corrected chi connectivity index (χ4v) is 3.09. The monoisotopic (exact) mass is 267 g/mol. The van der Waals surface area contributed by atoms with Crippen LogP contribution in [-0.2, 0) is 0 Å². The zero-order valence-electron chi connectivity index (χ0n) is 10.8. The van der Waals surface area contributed by atoms with E-state index in [1.807, 2.05) is 5.38 Å². The first kappa shape index (κ1) is 13.4. The molecule has 100 valence electrons. The maximum absolute atomic E-state index is 12.0. The van der Waals surface area contributed by atoms with Crippen molar-refractivity contribution in [2.24, 2.45) is 0 Å². The Kier molecular flexibility index (Phi) is 4.60. The van der Waals surface area contributed by atoms with Crippen LogP contribution in [0.25, 0.3) is 0 Å². The third kappa shape index (κ3) is 3.46. The van der Waals surface area contributed by atoms with Crippen molar-refractivity contribution < 1.29 is 4.79 Å². The molecule has 1 fully saturated rings. The van der Waals surface area contributed by atoms with Crippen LogP contribution in [0.5, 0.6) is 0 Å². The van der Waals surface area contributed by atoms with E-state index >= 15 is 0 Å². The Morgan fingerprint density at radius 3 is 2.83 bits per heavy atom. The van der Waals surface area contributed by atoms with Crippen LogP contribution in [0.3, 0.4) is 0 Å². The molecule has 18 heavy (non-hydrogen) atoms. The lowest BCUT2D eigenvalue weighted by molar-refractivity contribution is 0.0930. The van der Waals surface area contributed by atoms with E-state index in [0.717, 1.165) is 19.6 Å². The molecule has 1 amide bonds. The molecule has 0 bridgehead atoms. The molecular formula is C13H21N3OS. The van der Waals surface area contributed by atoms with Gasteiger partial charge in [-0.05, 0) is 44.3 Å². The second-order valence-electron chi connectivity index (χ2n) is 4.94. The van der Waals surface area contributed by atoms with Crippen molar-refractivity contribution in [3.63, 3.8) is 0 Å². The van der Waals surface area contributed by atoms with E-state index in [-0.39, 0.29) is 11.9 Å². The van der Waals surface area contributed by atoms with E-state index in [0.29, 0.717) is 10.6 Å². The molecule has 4 nitrogen and oxygen atoms in total. The Labute approximate surface area is 112 Å². The number of nitrogens with one attached hydrogen (secondary N) is 1. The number of thiophene rings is 1. The molecule has 5 heteroatoms. The number of hydrogen-bond acceptors (Lipinski definition) is 4. The average molecular weight is 267 g/mol. The number of piperidine rings is 1. The number of hydrogen-bond donors (Lipinski definition) is 2. The third-order valence-electron chi connectivity index (χ3n) is 3.26. The molecule has 0 radical (unpaired) electrons. The fraction of sp³-hybridized carbons (Fsp3) is 0.615. The molecule has 1 atom stereocenters. The molecule has 1 unspecified atom stereocenters. The van der Waals surface area contributed by atoms with Crippen LogP contribution in [0, 0.1) is 0 Å². The highest BCUT2D eigenvalue weighted by Crippen LogP contribution is 2.18. The van der Waals surface area contributed by atoms with E-state index < -0.39 is 0 Å². The Morgan fingerprint density at radius 2 is 2.22 bits per heavy atom. The number of carbonyl (C=O) groups is 1. The summed E-state index contributed by atoms with van der Waals surface area (Å²) in [6, 6.07) is 1.94. The number of nitrogen functional groups attached to an aromatic ring is 1. The van der Waals surface area contributed by atoms with Crippen LogP contribution in [-0.4, -0.2) is 36.5 Å². The van der Waals surface area contributed by atoms with Crippen LogP contribution in [0.4, 0.5) is 5.69 Å². The van der Waals surface area contributed by atoms with E-state index in [9.17, 15) is 4.79 Å². The summed E-state index contributed by atoms with van der Waals surface area (Å²) in [6.07, 6.45) is 3.89. The van der Waals surface area contributed by atoms with Gasteiger partial charge in [-0.25, -0.2) is 0 Å². The molecule has 1 aliphatic rings. The van der Waals surface area contributed by atoms with Gasteiger partial charge in [0, 0.05) is 12.6 Å². The zero-order valence-corrected chi connectivity index (χ0v) is 11.6. The lowest BCUT2D eigenvalue weighted by Crippen LogP contribution is -2.43. The first-order chi connectivity index (χ1) is 8.66. The van der Waals surface area contributed by atoms with Crippen molar-refractivity contribution in [2.45, 2.75) is 32.2 Å². The maximum Gasteiger partial charge on any atom is 0.263 e. The Morgan fingerprint density at radius 1 is 1.50 bits per heavy atom. The molecule has 0 aliphatic carbocycles. The van der Waals surface area contributed by atoms with Crippen molar-refractivity contribution >= 4 is 22.9 Å². The standard InChI is InChI=1S/C13H21N3OS/c1-10(9-16-6-3-2-4-7-16)15-13(17)12-11(14)5-8-18-12/h5,8,10H,2-4,6-7,9,14H2,1H3,(H,15,17). The summed E-state index contributed by atoms with van der Waals surface area (Å²) in [5, 5.41) is 4.87. The minimum Gasteiger partial charge on any atom is -0.397 e. The Balaban J connectivity index is 1.81. The largest absolute Gasteiger partial charge is 0.397 e. The molecule has 2 rings (SSSR count). The SMILES string of the molecule is CC(CN1CCCCC1)NC(=O)c1sccc1N. The van der Waals surface area contributed by atoms with E-state index in [4.69, 9.17) is 5.73 Å². The first-order valence-electron chi connectivity index (χ1n) is 6.53. The van der Waals surface area contributed by atoms with Gasteiger partial charge in [0.1, 0.15) is 4.88 Å². The number of amides is 1. The highest BCUT2D eigenvalue weighted by atomic mass is 32.1. The summed E-state index contributed by atoms with van der Waals surface area (Å²) >= 11 is 1.40. The summed E-state index contributed by atoms with van der Waals surface area (Å²) in [5.74, 6) is -0.0491. The van der Waals surface area contributed by atoms with Crippen LogP contribution >= 0.6 is 11.3 Å². The highest BCUT2D eigenvalue weighted by Gasteiger charge is 2.17. The minimum atomic E-state index is -0.0491. The van der Waals surface area contributed by atoms with Crippen molar-refractivity contribution in [2.75, 3.05) is 25.4 Å². The zero-order chi connectivity index (χ0) is 13.0. The molecule has 0 saturated carbocycles. The highest BCUT2D eigenvalue weighted by molar-refractivity contribution is 7.12. The molecule has 0 aromatic carbocycles. The van der Waals surface area contributed by atoms with Crippen LogP contribution in [0.2, 0.25) is 0 Å². The Hall–Kier alpha value is -1.07. The lowest BCUT2D eigenvalue weighted by atomic mass is 10.1. The van der Waals surface area contributed by atoms with Gasteiger partial charge < -0.3 is 16.0 Å². The van der Waals surface area contributed by atoms with Crippen molar-refractivity contribution in [3.05, 3.63) is 16.3 Å². The second-order valence-corrected chi connectivity index (χ2v) is 5.86. The normalized spacial score (nSPS) is 18.5. The number of likely N-dealkylation sites (tertiary alicyclic amines) is 1. The summed E-state index contributed by atoms with van der Waals surface area (Å²) in [4.78, 5) is 15.0. The third-order valence-corrected chi connectivity index (χ3v) is 4.19. The second kappa shape index (κ2) is 6.20. The average Bonchev–Trinajstić information content (AvgIpc) is 2.76. The molecule has 1 aliphatic heterocycles. The number of rotatable bonds is 4. The van der Waals surface area contributed by atoms with Gasteiger partial charge in [0.25, 0.3) is 5.91 Å². The molecule has 1 aromatic heterocycles. The van der Waals surface area contributed by atoms with Gasteiger partial charge >= 0.3 is 0 Å². The van der Waals surface area contributed by atoms with Gasteiger partial charge in [-0.2, -0.15) is 0 Å². The number of anilines is 1. The molecule has 1 aromatic rings. The Bertz CT molecular complexity index is 399. The number of nitrogens with two attached hydrogens (primary N) is 1. The summed E-state index contributed by atoms with van der Waals surface area (Å²) < 4.78 is 0. The number of carbonyl (C=O) groups excluding carboxylic acids is 1. The van der Waals surface area contributed by atoms with E-state index in [1.54, 1.807) is 6.07 Å². The lowest BCUT2D eigenvalue weighted by Gasteiger charge is -2.29. The smallest absolute Gasteiger partial charge is 0.263 e. The van der Waals surface area contributed by atoms with Crippen LogP contribution < -0.4 is 11.1 Å². The quantitative estimate of drug-likeness (QED) is 0.876. The molecule has 0 spiro atoms. The predicted molar refractivity (Wildman–Crippen MR) is 76.0 cm³/mol. The predicted octanol–water partition coefficient (Wildman–Crippen LogP) is 1.93. The van der Waals surface area contributed by atoms with Crippen LogP contribution in [0.15, 0.2) is 11.4 Å². The van der Waals surface area contributed by atoms with E-state index in [2.05, 4.69) is 17.1 Å². The van der Waals surface area contributed by atoms with E-state index in [1.165, 1.54) is 30.6 Å². The summed E-state index contributed by atoms with van der Waals surface area (Å²) in [6.45, 7) is 5.29. The molecular weight excluding hydrogens is 246 g/mol. The summed E-state index contributed by atoms with van der Waals surface area (Å²) in [5.41, 5.74) is 6.31. The van der Waals surface area contributed by atoms with Gasteiger partial charge in [0.15, 0.2) is 0 Å². The molecule has 2 heterocycles.